The molecule has 1 aromatic rings. The monoisotopic (exact) mass is 344 g/mol. The van der Waals surface area contributed by atoms with E-state index >= 15 is 0 Å². The summed E-state index contributed by atoms with van der Waals surface area (Å²) in [5, 5.41) is 3.58. The number of halogens is 2. The summed E-state index contributed by atoms with van der Waals surface area (Å²) in [6, 6.07) is 4.83. The summed E-state index contributed by atoms with van der Waals surface area (Å²) in [6.07, 6.45) is 2.32. The number of nitrogens with zero attached hydrogens (tertiary/aromatic N) is 1. The van der Waals surface area contributed by atoms with Crippen LogP contribution in [0.3, 0.4) is 0 Å². The Morgan fingerprint density at radius 1 is 1.32 bits per heavy atom. The Morgan fingerprint density at radius 2 is 2.14 bits per heavy atom. The topological polar surface area (TPSA) is 58.6 Å². The molecule has 2 amide bonds. The van der Waals surface area contributed by atoms with Crippen molar-refractivity contribution < 1.29 is 14.3 Å². The lowest BCUT2D eigenvalue weighted by molar-refractivity contribution is -0.127. The second-order valence-electron chi connectivity index (χ2n) is 5.05. The predicted molar refractivity (Wildman–Crippen MR) is 85.4 cm³/mol. The van der Waals surface area contributed by atoms with Crippen molar-refractivity contribution in [2.75, 3.05) is 26.2 Å². The second kappa shape index (κ2) is 8.25. The van der Waals surface area contributed by atoms with Gasteiger partial charge in [0.2, 0.25) is 5.91 Å². The Morgan fingerprint density at radius 3 is 2.82 bits per heavy atom. The highest BCUT2D eigenvalue weighted by Gasteiger charge is 2.18. The lowest BCUT2D eigenvalue weighted by atomic mass is 10.3. The molecule has 7 heteroatoms. The molecule has 1 fully saturated rings. The van der Waals surface area contributed by atoms with Gasteiger partial charge in [0.1, 0.15) is 5.75 Å². The Labute approximate surface area is 139 Å². The van der Waals surface area contributed by atoms with Crippen LogP contribution in [0.15, 0.2) is 18.2 Å². The third kappa shape index (κ3) is 5.07. The van der Waals surface area contributed by atoms with Gasteiger partial charge in [-0.1, -0.05) is 23.2 Å². The summed E-state index contributed by atoms with van der Waals surface area (Å²) in [5.74, 6) is 0.486. The number of hydrogen-bond acceptors (Lipinski definition) is 3. The van der Waals surface area contributed by atoms with Crippen molar-refractivity contribution in [3.63, 3.8) is 0 Å². The molecule has 5 nitrogen and oxygen atoms in total. The number of carbonyl (C=O) groups is 2. The van der Waals surface area contributed by atoms with E-state index in [1.165, 1.54) is 0 Å². The van der Waals surface area contributed by atoms with Crippen LogP contribution >= 0.6 is 23.2 Å². The van der Waals surface area contributed by atoms with E-state index in [1.807, 2.05) is 4.90 Å². The van der Waals surface area contributed by atoms with Crippen molar-refractivity contribution in [1.29, 1.82) is 0 Å². The number of ether oxygens (including phenoxy) is 1. The fraction of sp³-hybridized carbons (Fsp3) is 0.467. The van der Waals surface area contributed by atoms with Crippen molar-refractivity contribution in [1.82, 2.24) is 10.2 Å². The van der Waals surface area contributed by atoms with Gasteiger partial charge in [-0.25, -0.2) is 0 Å². The molecule has 0 aliphatic carbocycles. The van der Waals surface area contributed by atoms with Gasteiger partial charge in [0, 0.05) is 32.1 Å². The van der Waals surface area contributed by atoms with Gasteiger partial charge in [-0.3, -0.25) is 9.59 Å². The molecular weight excluding hydrogens is 327 g/mol. The highest BCUT2D eigenvalue weighted by atomic mass is 35.5. The van der Waals surface area contributed by atoms with Crippen LogP contribution in [0.5, 0.6) is 5.75 Å². The molecule has 120 valence electrons. The van der Waals surface area contributed by atoms with E-state index < -0.39 is 0 Å². The van der Waals surface area contributed by atoms with Gasteiger partial charge >= 0.3 is 0 Å². The van der Waals surface area contributed by atoms with Gasteiger partial charge in [0.15, 0.2) is 6.61 Å². The molecule has 22 heavy (non-hydrogen) atoms. The van der Waals surface area contributed by atoms with Crippen LogP contribution in [0.1, 0.15) is 19.3 Å². The van der Waals surface area contributed by atoms with Gasteiger partial charge in [-0.05, 0) is 25.0 Å². The van der Waals surface area contributed by atoms with Crippen molar-refractivity contribution in [3.8, 4) is 5.75 Å². The van der Waals surface area contributed by atoms with Crippen molar-refractivity contribution in [2.45, 2.75) is 19.3 Å². The highest BCUT2D eigenvalue weighted by Crippen LogP contribution is 2.26. The molecule has 1 aliphatic heterocycles. The van der Waals surface area contributed by atoms with Crippen LogP contribution in [-0.4, -0.2) is 43.0 Å². The van der Waals surface area contributed by atoms with E-state index in [-0.39, 0.29) is 18.4 Å². The number of amides is 2. The molecule has 1 aromatic carbocycles. The summed E-state index contributed by atoms with van der Waals surface area (Å²) in [5.41, 5.74) is 0. The maximum Gasteiger partial charge on any atom is 0.257 e. The van der Waals surface area contributed by atoms with Crippen molar-refractivity contribution in [2.24, 2.45) is 0 Å². The first kappa shape index (κ1) is 16.9. The van der Waals surface area contributed by atoms with Gasteiger partial charge in [-0.2, -0.15) is 0 Å². The lowest BCUT2D eigenvalue weighted by Crippen LogP contribution is -2.33. The van der Waals surface area contributed by atoms with Crippen LogP contribution in [0, 0.1) is 0 Å². The van der Waals surface area contributed by atoms with Crippen LogP contribution < -0.4 is 10.1 Å². The first-order valence-electron chi connectivity index (χ1n) is 7.18. The molecule has 2 rings (SSSR count). The van der Waals surface area contributed by atoms with Crippen LogP contribution in [0.25, 0.3) is 0 Å². The zero-order chi connectivity index (χ0) is 15.9. The fourth-order valence-electron chi connectivity index (χ4n) is 2.20. The van der Waals surface area contributed by atoms with Crippen LogP contribution in [0.4, 0.5) is 0 Å². The molecule has 1 heterocycles. The molecule has 1 aliphatic rings. The minimum absolute atomic E-state index is 0.0827. The van der Waals surface area contributed by atoms with Gasteiger partial charge in [0.25, 0.3) is 5.91 Å². The fourth-order valence-corrected chi connectivity index (χ4v) is 2.49. The van der Waals surface area contributed by atoms with Crippen molar-refractivity contribution >= 4 is 35.0 Å². The number of likely N-dealkylation sites (tertiary alicyclic amines) is 1. The summed E-state index contributed by atoms with van der Waals surface area (Å²) >= 11 is 11.7. The smallest absolute Gasteiger partial charge is 0.257 e. The van der Waals surface area contributed by atoms with E-state index in [0.29, 0.717) is 35.3 Å². The van der Waals surface area contributed by atoms with E-state index in [0.717, 1.165) is 19.4 Å². The average molecular weight is 345 g/mol. The SMILES string of the molecule is O=C(COc1ccc(Cl)c(Cl)c1)NCCCN1CCCC1=O. The quantitative estimate of drug-likeness (QED) is 0.773. The maximum absolute atomic E-state index is 11.7. The van der Waals surface area contributed by atoms with E-state index in [1.54, 1.807) is 18.2 Å². The number of nitrogens with one attached hydrogen (secondary N) is 1. The van der Waals surface area contributed by atoms with E-state index in [4.69, 9.17) is 27.9 Å². The highest BCUT2D eigenvalue weighted by molar-refractivity contribution is 6.42. The van der Waals surface area contributed by atoms with Crippen molar-refractivity contribution in [3.05, 3.63) is 28.2 Å². The molecule has 0 unspecified atom stereocenters. The molecule has 0 spiro atoms. The zero-order valence-electron chi connectivity index (χ0n) is 12.1. The largest absolute Gasteiger partial charge is 0.484 e. The van der Waals surface area contributed by atoms with Gasteiger partial charge in [-0.15, -0.1) is 0 Å². The molecular formula is C15H18Cl2N2O3. The standard InChI is InChI=1S/C15H18Cl2N2O3/c16-12-5-4-11(9-13(12)17)22-10-14(20)18-6-2-8-19-7-1-3-15(19)21/h4-5,9H,1-3,6-8,10H2,(H,18,20). The summed E-state index contributed by atoms with van der Waals surface area (Å²) in [7, 11) is 0. The number of carbonyl (C=O) groups excluding carboxylic acids is 2. The minimum Gasteiger partial charge on any atom is -0.484 e. The molecule has 0 saturated carbocycles. The average Bonchev–Trinajstić information content (AvgIpc) is 2.90. The van der Waals surface area contributed by atoms with Gasteiger partial charge < -0.3 is 15.0 Å². The first-order chi connectivity index (χ1) is 10.6. The third-order valence-electron chi connectivity index (χ3n) is 3.36. The normalized spacial score (nSPS) is 14.3. The Bertz CT molecular complexity index is 552. The summed E-state index contributed by atoms with van der Waals surface area (Å²) < 4.78 is 5.33. The minimum atomic E-state index is -0.209. The van der Waals surface area contributed by atoms with Gasteiger partial charge in [0.05, 0.1) is 10.0 Å². The second-order valence-corrected chi connectivity index (χ2v) is 5.87. The number of hydrogen-bond donors (Lipinski definition) is 1. The predicted octanol–water partition coefficient (Wildman–Crippen LogP) is 2.50. The lowest BCUT2D eigenvalue weighted by Gasteiger charge is -2.15. The zero-order valence-corrected chi connectivity index (χ0v) is 13.6. The maximum atomic E-state index is 11.7. The Balaban J connectivity index is 1.61. The number of benzene rings is 1. The van der Waals surface area contributed by atoms with E-state index in [9.17, 15) is 9.59 Å². The van der Waals surface area contributed by atoms with Crippen LogP contribution in [0.2, 0.25) is 10.0 Å². The third-order valence-corrected chi connectivity index (χ3v) is 4.10. The molecule has 0 radical (unpaired) electrons. The van der Waals surface area contributed by atoms with Crippen LogP contribution in [-0.2, 0) is 9.59 Å². The molecule has 0 atom stereocenters. The molecule has 0 aromatic heterocycles. The number of rotatable bonds is 7. The molecule has 1 saturated heterocycles. The van der Waals surface area contributed by atoms with E-state index in [2.05, 4.69) is 5.32 Å². The molecule has 1 N–H and O–H groups in total. The Kier molecular flexibility index (Phi) is 6.34. The molecule has 0 bridgehead atoms. The Hall–Kier alpha value is -1.46. The summed E-state index contributed by atoms with van der Waals surface area (Å²) in [4.78, 5) is 24.9. The summed E-state index contributed by atoms with van der Waals surface area (Å²) in [6.45, 7) is 1.95. The first-order valence-corrected chi connectivity index (χ1v) is 7.94.